The van der Waals surface area contributed by atoms with Crippen LogP contribution in [0, 0.1) is 5.92 Å². The molecule has 0 aromatic heterocycles. The molecule has 1 aromatic rings. The molecule has 0 spiro atoms. The van der Waals surface area contributed by atoms with E-state index in [9.17, 15) is 9.59 Å². The number of carbonyl (C=O) groups excluding carboxylic acids is 2. The third kappa shape index (κ3) is 1.95. The van der Waals surface area contributed by atoms with E-state index in [0.717, 1.165) is 5.69 Å². The molecule has 1 unspecified atom stereocenters. The van der Waals surface area contributed by atoms with Crippen molar-refractivity contribution in [3.8, 4) is 0 Å². The molecule has 1 amide bonds. The van der Waals surface area contributed by atoms with Crippen molar-refractivity contribution >= 4 is 17.6 Å². The molecule has 2 fully saturated rings. The lowest BCUT2D eigenvalue weighted by molar-refractivity contribution is -0.152. The maximum absolute atomic E-state index is 12.7. The van der Waals surface area contributed by atoms with Gasteiger partial charge in [0.25, 0.3) is 0 Å². The molecule has 2 aliphatic rings. The molecule has 2 saturated heterocycles. The number of anilines is 1. The van der Waals surface area contributed by atoms with Crippen LogP contribution >= 0.6 is 0 Å². The van der Waals surface area contributed by atoms with Gasteiger partial charge in [-0.25, -0.2) is 0 Å². The number of hydrogen-bond donors (Lipinski definition) is 0. The first-order chi connectivity index (χ1) is 9.99. The van der Waals surface area contributed by atoms with Crippen molar-refractivity contribution in [2.24, 2.45) is 5.92 Å². The Balaban J connectivity index is 1.86. The van der Waals surface area contributed by atoms with Crippen molar-refractivity contribution in [1.29, 1.82) is 0 Å². The van der Waals surface area contributed by atoms with Gasteiger partial charge in [0.05, 0.1) is 13.2 Å². The molecule has 112 valence electrons. The van der Waals surface area contributed by atoms with E-state index >= 15 is 0 Å². The number of likely N-dealkylation sites (N-methyl/N-ethyl adjacent to an activating group) is 1. The first-order valence-corrected chi connectivity index (χ1v) is 7.17. The van der Waals surface area contributed by atoms with Crippen LogP contribution in [0.25, 0.3) is 0 Å². The Kier molecular flexibility index (Phi) is 3.24. The summed E-state index contributed by atoms with van der Waals surface area (Å²) in [5, 5.41) is 0. The second-order valence-electron chi connectivity index (χ2n) is 6.07. The van der Waals surface area contributed by atoms with E-state index in [2.05, 4.69) is 0 Å². The number of benzene rings is 1. The minimum Gasteiger partial charge on any atom is -0.468 e. The summed E-state index contributed by atoms with van der Waals surface area (Å²) in [4.78, 5) is 28.5. The van der Waals surface area contributed by atoms with E-state index in [4.69, 9.17) is 4.74 Å². The van der Waals surface area contributed by atoms with Gasteiger partial charge < -0.3 is 9.64 Å². The number of likely N-dealkylation sites (tertiary alicyclic amines) is 1. The highest BCUT2D eigenvalue weighted by atomic mass is 16.5. The molecule has 3 atom stereocenters. The molecular formula is C16H20N2O3. The second-order valence-corrected chi connectivity index (χ2v) is 6.07. The summed E-state index contributed by atoms with van der Waals surface area (Å²) < 4.78 is 4.91. The van der Waals surface area contributed by atoms with Crippen molar-refractivity contribution in [2.45, 2.75) is 24.9 Å². The minimum atomic E-state index is -0.706. The van der Waals surface area contributed by atoms with Gasteiger partial charge in [0.15, 0.2) is 0 Å². The molecule has 0 saturated carbocycles. The van der Waals surface area contributed by atoms with Crippen LogP contribution in [0.3, 0.4) is 0 Å². The van der Waals surface area contributed by atoms with E-state index in [1.807, 2.05) is 54.1 Å². The van der Waals surface area contributed by atoms with Gasteiger partial charge in [0, 0.05) is 18.2 Å². The van der Waals surface area contributed by atoms with Gasteiger partial charge in [0.1, 0.15) is 5.54 Å². The van der Waals surface area contributed by atoms with Crippen LogP contribution in [0.2, 0.25) is 0 Å². The van der Waals surface area contributed by atoms with Crippen LogP contribution in [0.4, 0.5) is 5.69 Å². The Morgan fingerprint density at radius 3 is 2.57 bits per heavy atom. The SMILES string of the molecule is COC(=O)C1(C)C[C@H]2CN(c3ccccc3)C(=O)[C@H]2N1C. The molecule has 3 rings (SSSR count). The van der Waals surface area contributed by atoms with Gasteiger partial charge in [0.2, 0.25) is 5.91 Å². The molecule has 1 aromatic carbocycles. The minimum absolute atomic E-state index is 0.0707. The summed E-state index contributed by atoms with van der Waals surface area (Å²) in [6, 6.07) is 9.44. The molecule has 0 radical (unpaired) electrons. The first kappa shape index (κ1) is 14.1. The maximum atomic E-state index is 12.7. The van der Waals surface area contributed by atoms with E-state index in [1.54, 1.807) is 0 Å². The molecule has 5 heteroatoms. The molecule has 0 aliphatic carbocycles. The van der Waals surface area contributed by atoms with E-state index in [1.165, 1.54) is 7.11 Å². The zero-order valence-corrected chi connectivity index (χ0v) is 12.6. The lowest BCUT2D eigenvalue weighted by atomic mass is 9.94. The lowest BCUT2D eigenvalue weighted by Gasteiger charge is -2.32. The topological polar surface area (TPSA) is 49.9 Å². The Morgan fingerprint density at radius 1 is 1.33 bits per heavy atom. The fourth-order valence-electron chi connectivity index (χ4n) is 3.69. The quantitative estimate of drug-likeness (QED) is 0.769. The predicted molar refractivity (Wildman–Crippen MR) is 78.9 cm³/mol. The summed E-state index contributed by atoms with van der Waals surface area (Å²) in [6.45, 7) is 2.52. The van der Waals surface area contributed by atoms with Gasteiger partial charge in [-0.1, -0.05) is 18.2 Å². The molecule has 5 nitrogen and oxygen atoms in total. The van der Waals surface area contributed by atoms with Gasteiger partial charge in [-0.2, -0.15) is 0 Å². The fourth-order valence-corrected chi connectivity index (χ4v) is 3.69. The smallest absolute Gasteiger partial charge is 0.326 e. The number of rotatable bonds is 2. The molecule has 0 N–H and O–H groups in total. The number of carbonyl (C=O) groups is 2. The maximum Gasteiger partial charge on any atom is 0.326 e. The summed E-state index contributed by atoms with van der Waals surface area (Å²) in [7, 11) is 3.24. The Labute approximate surface area is 124 Å². The average Bonchev–Trinajstić information content (AvgIpc) is 2.95. The zero-order chi connectivity index (χ0) is 15.2. The molecule has 0 bridgehead atoms. The predicted octanol–water partition coefficient (Wildman–Crippen LogP) is 1.29. The van der Waals surface area contributed by atoms with Crippen LogP contribution in [-0.2, 0) is 14.3 Å². The molecule has 2 aliphatic heterocycles. The van der Waals surface area contributed by atoms with Crippen LogP contribution < -0.4 is 4.90 Å². The van der Waals surface area contributed by atoms with Crippen molar-refractivity contribution in [1.82, 2.24) is 4.90 Å². The van der Waals surface area contributed by atoms with E-state index in [0.29, 0.717) is 13.0 Å². The first-order valence-electron chi connectivity index (χ1n) is 7.17. The largest absolute Gasteiger partial charge is 0.468 e. The molecule has 2 heterocycles. The van der Waals surface area contributed by atoms with Gasteiger partial charge in [-0.15, -0.1) is 0 Å². The van der Waals surface area contributed by atoms with Crippen LogP contribution in [0.5, 0.6) is 0 Å². The van der Waals surface area contributed by atoms with E-state index < -0.39 is 5.54 Å². The van der Waals surface area contributed by atoms with Crippen molar-refractivity contribution in [2.75, 3.05) is 25.6 Å². The fraction of sp³-hybridized carbons (Fsp3) is 0.500. The summed E-state index contributed by atoms with van der Waals surface area (Å²) in [5.41, 5.74) is 0.216. The second kappa shape index (κ2) is 4.84. The van der Waals surface area contributed by atoms with Crippen LogP contribution in [0.1, 0.15) is 13.3 Å². The molecular weight excluding hydrogens is 268 g/mol. The lowest BCUT2D eigenvalue weighted by Crippen LogP contribution is -2.52. The number of ether oxygens (including phenoxy) is 1. The van der Waals surface area contributed by atoms with Crippen molar-refractivity contribution < 1.29 is 14.3 Å². The van der Waals surface area contributed by atoms with Crippen molar-refractivity contribution in [3.05, 3.63) is 30.3 Å². The van der Waals surface area contributed by atoms with Crippen LogP contribution in [0.15, 0.2) is 30.3 Å². The van der Waals surface area contributed by atoms with Gasteiger partial charge >= 0.3 is 5.97 Å². The number of methoxy groups -OCH3 is 1. The monoisotopic (exact) mass is 288 g/mol. The Morgan fingerprint density at radius 2 is 2.00 bits per heavy atom. The van der Waals surface area contributed by atoms with Crippen molar-refractivity contribution in [3.63, 3.8) is 0 Å². The highest BCUT2D eigenvalue weighted by molar-refractivity contribution is 6.01. The Hall–Kier alpha value is -1.88. The number of esters is 1. The molecule has 21 heavy (non-hydrogen) atoms. The zero-order valence-electron chi connectivity index (χ0n) is 12.6. The third-order valence-corrected chi connectivity index (χ3v) is 4.93. The summed E-state index contributed by atoms with van der Waals surface area (Å²) in [6.07, 6.45) is 0.649. The third-order valence-electron chi connectivity index (χ3n) is 4.93. The summed E-state index contributed by atoms with van der Waals surface area (Å²) in [5.74, 6) is -0.0356. The highest BCUT2D eigenvalue weighted by Crippen LogP contribution is 2.43. The summed E-state index contributed by atoms with van der Waals surface area (Å²) >= 11 is 0. The average molecular weight is 288 g/mol. The number of para-hydroxylation sites is 1. The number of amides is 1. The normalized spacial score (nSPS) is 32.3. The Bertz CT molecular complexity index is 574. The number of nitrogens with zero attached hydrogens (tertiary/aromatic N) is 2. The number of hydrogen-bond acceptors (Lipinski definition) is 4. The van der Waals surface area contributed by atoms with Gasteiger partial charge in [-0.3, -0.25) is 14.5 Å². The standard InChI is InChI=1S/C16H20N2O3/c1-16(15(20)21-3)9-11-10-18(12-7-5-4-6-8-12)14(19)13(11)17(16)2/h4-8,11,13H,9-10H2,1-3H3/t11-,13-,16?/m0/s1. The highest BCUT2D eigenvalue weighted by Gasteiger charge is 2.58. The van der Waals surface area contributed by atoms with Gasteiger partial charge in [-0.05, 0) is 32.5 Å². The van der Waals surface area contributed by atoms with E-state index in [-0.39, 0.29) is 23.8 Å². The van der Waals surface area contributed by atoms with Crippen LogP contribution in [-0.4, -0.2) is 49.1 Å². The number of fused-ring (bicyclic) bond motifs is 1.